The van der Waals surface area contributed by atoms with E-state index in [1.54, 1.807) is 48.4 Å². The number of fused-ring (bicyclic) bond motifs is 1. The first-order valence-corrected chi connectivity index (χ1v) is 7.93. The Kier molecular flexibility index (Phi) is 4.83. The van der Waals surface area contributed by atoms with Gasteiger partial charge in [-0.3, -0.25) is 14.9 Å². The fourth-order valence-electron chi connectivity index (χ4n) is 2.83. The Hall–Kier alpha value is -3.09. The van der Waals surface area contributed by atoms with Crippen molar-refractivity contribution in [3.8, 4) is 11.5 Å². The van der Waals surface area contributed by atoms with Gasteiger partial charge in [0, 0.05) is 24.2 Å². The first-order chi connectivity index (χ1) is 12.1. The van der Waals surface area contributed by atoms with Crippen LogP contribution in [0, 0.1) is 10.1 Å². The van der Waals surface area contributed by atoms with Crippen molar-refractivity contribution in [2.75, 3.05) is 25.2 Å². The summed E-state index contributed by atoms with van der Waals surface area (Å²) in [6, 6.07) is 11.8. The predicted molar refractivity (Wildman–Crippen MR) is 92.3 cm³/mol. The van der Waals surface area contributed by atoms with Gasteiger partial charge < -0.3 is 14.4 Å². The van der Waals surface area contributed by atoms with Gasteiger partial charge in [-0.15, -0.1) is 0 Å². The molecule has 0 spiro atoms. The van der Waals surface area contributed by atoms with Gasteiger partial charge in [-0.2, -0.15) is 0 Å². The van der Waals surface area contributed by atoms with Crippen LogP contribution in [0.5, 0.6) is 11.5 Å². The number of nitro groups is 1. The molecule has 1 heterocycles. The molecule has 0 unspecified atom stereocenters. The molecule has 0 atom stereocenters. The van der Waals surface area contributed by atoms with Crippen LogP contribution >= 0.6 is 0 Å². The molecule has 1 aliphatic rings. The van der Waals surface area contributed by atoms with Gasteiger partial charge >= 0.3 is 0 Å². The Labute approximate surface area is 144 Å². The smallest absolute Gasteiger partial charge is 0.269 e. The second-order valence-corrected chi connectivity index (χ2v) is 5.64. The number of benzene rings is 2. The summed E-state index contributed by atoms with van der Waals surface area (Å²) in [7, 11) is 1.60. The minimum absolute atomic E-state index is 0.000293. The monoisotopic (exact) mass is 342 g/mol. The number of anilines is 1. The Balaban J connectivity index is 1.67. The maximum atomic E-state index is 12.2. The molecule has 25 heavy (non-hydrogen) atoms. The van der Waals surface area contributed by atoms with Gasteiger partial charge in [0.05, 0.1) is 18.6 Å². The number of nitro benzene ring substituents is 1. The zero-order chi connectivity index (χ0) is 17.8. The van der Waals surface area contributed by atoms with Gasteiger partial charge in [-0.05, 0) is 42.3 Å². The van der Waals surface area contributed by atoms with E-state index in [2.05, 4.69) is 0 Å². The summed E-state index contributed by atoms with van der Waals surface area (Å²) in [6.45, 7) is 0.712. The molecule has 130 valence electrons. The third-order valence-corrected chi connectivity index (χ3v) is 4.12. The molecular formula is C18H18N2O5. The number of rotatable bonds is 6. The molecule has 1 aliphatic heterocycles. The SMILES string of the molecule is COc1ccc(OCCN2C(=O)CCc3cc([N+](=O)[O-])ccc32)cc1. The molecule has 1 amide bonds. The lowest BCUT2D eigenvalue weighted by molar-refractivity contribution is -0.384. The summed E-state index contributed by atoms with van der Waals surface area (Å²) >= 11 is 0. The van der Waals surface area contributed by atoms with Crippen molar-refractivity contribution in [1.29, 1.82) is 0 Å². The van der Waals surface area contributed by atoms with Crippen LogP contribution < -0.4 is 14.4 Å². The van der Waals surface area contributed by atoms with E-state index in [0.717, 1.165) is 17.0 Å². The normalized spacial score (nSPS) is 13.3. The molecule has 2 aromatic rings. The molecule has 0 aliphatic carbocycles. The van der Waals surface area contributed by atoms with E-state index < -0.39 is 4.92 Å². The second kappa shape index (κ2) is 7.21. The van der Waals surface area contributed by atoms with E-state index in [4.69, 9.17) is 9.47 Å². The van der Waals surface area contributed by atoms with Crippen LogP contribution in [0.4, 0.5) is 11.4 Å². The highest BCUT2D eigenvalue weighted by Gasteiger charge is 2.25. The minimum atomic E-state index is -0.423. The maximum Gasteiger partial charge on any atom is 0.269 e. The van der Waals surface area contributed by atoms with E-state index in [0.29, 0.717) is 31.7 Å². The summed E-state index contributed by atoms with van der Waals surface area (Å²) < 4.78 is 10.8. The Morgan fingerprint density at radius 3 is 2.52 bits per heavy atom. The minimum Gasteiger partial charge on any atom is -0.497 e. The standard InChI is InChI=1S/C18H18N2O5/c1-24-15-4-6-16(7-5-15)25-11-10-19-17-8-3-14(20(22)23)12-13(17)2-9-18(19)21/h3-8,12H,2,9-11H2,1H3. The van der Waals surface area contributed by atoms with Crippen molar-refractivity contribution >= 4 is 17.3 Å². The lowest BCUT2D eigenvalue weighted by atomic mass is 10.0. The van der Waals surface area contributed by atoms with E-state index in [-0.39, 0.29) is 11.6 Å². The quantitative estimate of drug-likeness (QED) is 0.595. The molecule has 0 radical (unpaired) electrons. The molecule has 3 rings (SSSR count). The number of aryl methyl sites for hydroxylation is 1. The van der Waals surface area contributed by atoms with Gasteiger partial charge in [0.2, 0.25) is 5.91 Å². The molecule has 7 heteroatoms. The average Bonchev–Trinajstić information content (AvgIpc) is 2.63. The van der Waals surface area contributed by atoms with Crippen LogP contribution in [-0.4, -0.2) is 31.1 Å². The third kappa shape index (κ3) is 3.71. The Bertz CT molecular complexity index is 789. The summed E-state index contributed by atoms with van der Waals surface area (Å²) in [5, 5.41) is 10.9. The molecule has 7 nitrogen and oxygen atoms in total. The lowest BCUT2D eigenvalue weighted by Gasteiger charge is -2.29. The van der Waals surface area contributed by atoms with Gasteiger partial charge in [0.1, 0.15) is 18.1 Å². The molecule has 0 saturated carbocycles. The number of hydrogen-bond donors (Lipinski definition) is 0. The first kappa shape index (κ1) is 16.8. The fourth-order valence-corrected chi connectivity index (χ4v) is 2.83. The van der Waals surface area contributed by atoms with Crippen molar-refractivity contribution in [2.45, 2.75) is 12.8 Å². The summed E-state index contributed by atoms with van der Waals surface area (Å²) in [4.78, 5) is 24.3. The topological polar surface area (TPSA) is 81.9 Å². The van der Waals surface area contributed by atoms with Crippen molar-refractivity contribution < 1.29 is 19.2 Å². The highest BCUT2D eigenvalue weighted by atomic mass is 16.6. The van der Waals surface area contributed by atoms with Crippen LogP contribution in [0.3, 0.4) is 0 Å². The number of non-ortho nitro benzene ring substituents is 1. The third-order valence-electron chi connectivity index (χ3n) is 4.12. The number of ether oxygens (including phenoxy) is 2. The highest BCUT2D eigenvalue weighted by Crippen LogP contribution is 2.31. The summed E-state index contributed by atoms with van der Waals surface area (Å²) in [6.07, 6.45) is 0.863. The van der Waals surface area contributed by atoms with Crippen LogP contribution in [0.2, 0.25) is 0 Å². The van der Waals surface area contributed by atoms with Crippen LogP contribution in [0.15, 0.2) is 42.5 Å². The van der Waals surface area contributed by atoms with Crippen LogP contribution in [0.25, 0.3) is 0 Å². The molecule has 0 fully saturated rings. The Morgan fingerprint density at radius 2 is 1.84 bits per heavy atom. The zero-order valence-electron chi connectivity index (χ0n) is 13.8. The van der Waals surface area contributed by atoms with E-state index in [1.807, 2.05) is 0 Å². The van der Waals surface area contributed by atoms with Crippen molar-refractivity contribution in [2.24, 2.45) is 0 Å². The number of methoxy groups -OCH3 is 1. The number of carbonyl (C=O) groups excluding carboxylic acids is 1. The number of nitrogens with zero attached hydrogens (tertiary/aromatic N) is 2. The number of amides is 1. The largest absolute Gasteiger partial charge is 0.497 e. The number of hydrogen-bond acceptors (Lipinski definition) is 5. The number of carbonyl (C=O) groups is 1. The van der Waals surface area contributed by atoms with Crippen molar-refractivity contribution in [3.05, 3.63) is 58.1 Å². The summed E-state index contributed by atoms with van der Waals surface area (Å²) in [5.41, 5.74) is 1.58. The Morgan fingerprint density at radius 1 is 1.12 bits per heavy atom. The van der Waals surface area contributed by atoms with Crippen LogP contribution in [0.1, 0.15) is 12.0 Å². The lowest BCUT2D eigenvalue weighted by Crippen LogP contribution is -2.38. The van der Waals surface area contributed by atoms with Crippen molar-refractivity contribution in [1.82, 2.24) is 0 Å². The van der Waals surface area contributed by atoms with Gasteiger partial charge in [0.25, 0.3) is 5.69 Å². The van der Waals surface area contributed by atoms with E-state index in [9.17, 15) is 14.9 Å². The molecule has 0 saturated heterocycles. The van der Waals surface area contributed by atoms with Gasteiger partial charge in [0.15, 0.2) is 0 Å². The van der Waals surface area contributed by atoms with Crippen LogP contribution in [-0.2, 0) is 11.2 Å². The van der Waals surface area contributed by atoms with Gasteiger partial charge in [-0.25, -0.2) is 0 Å². The fraction of sp³-hybridized carbons (Fsp3) is 0.278. The highest BCUT2D eigenvalue weighted by molar-refractivity contribution is 5.96. The van der Waals surface area contributed by atoms with Crippen molar-refractivity contribution in [3.63, 3.8) is 0 Å². The van der Waals surface area contributed by atoms with E-state index >= 15 is 0 Å². The zero-order valence-corrected chi connectivity index (χ0v) is 13.8. The first-order valence-electron chi connectivity index (χ1n) is 7.93. The summed E-state index contributed by atoms with van der Waals surface area (Å²) in [5.74, 6) is 1.43. The average molecular weight is 342 g/mol. The maximum absolute atomic E-state index is 12.2. The second-order valence-electron chi connectivity index (χ2n) is 5.64. The molecule has 0 aromatic heterocycles. The molecule has 2 aromatic carbocycles. The molecular weight excluding hydrogens is 324 g/mol. The van der Waals surface area contributed by atoms with Gasteiger partial charge in [-0.1, -0.05) is 0 Å². The van der Waals surface area contributed by atoms with E-state index in [1.165, 1.54) is 6.07 Å². The molecule has 0 bridgehead atoms. The molecule has 0 N–H and O–H groups in total. The predicted octanol–water partition coefficient (Wildman–Crippen LogP) is 2.96.